The Hall–Kier alpha value is -2.63. The average molecular weight is 353 g/mol. The Balaban J connectivity index is 1.78. The minimum atomic E-state index is -0.597. The fourth-order valence-corrected chi connectivity index (χ4v) is 2.67. The fraction of sp³-hybridized carbons (Fsp3) is 0.286. The molecule has 1 aromatic heterocycles. The third kappa shape index (κ3) is 4.50. The van der Waals surface area contributed by atoms with Gasteiger partial charge in [-0.05, 0) is 25.1 Å². The van der Waals surface area contributed by atoms with Crippen molar-refractivity contribution in [2.24, 2.45) is 0 Å². The lowest BCUT2D eigenvalue weighted by atomic mass is 10.1. The van der Waals surface area contributed by atoms with Gasteiger partial charge in [0.25, 0.3) is 0 Å². The Morgan fingerprint density at radius 1 is 1.15 bits per heavy atom. The topological polar surface area (TPSA) is 71.7 Å². The molecule has 0 aliphatic rings. The maximum Gasteiger partial charge on any atom is 0.193 e. The molecule has 3 aromatic rings. The second-order valence-corrected chi connectivity index (χ2v) is 6.17. The summed E-state index contributed by atoms with van der Waals surface area (Å²) in [7, 11) is 0. The van der Waals surface area contributed by atoms with Crippen molar-refractivity contribution in [3.05, 3.63) is 64.8 Å². The maximum atomic E-state index is 12.3. The summed E-state index contributed by atoms with van der Waals surface area (Å²) in [6, 6.07) is 16.1. The van der Waals surface area contributed by atoms with Crippen molar-refractivity contribution in [1.29, 1.82) is 0 Å². The number of aliphatic hydroxyl groups excluding tert-OH is 1. The summed E-state index contributed by atoms with van der Waals surface area (Å²) in [4.78, 5) is 12.3. The second-order valence-electron chi connectivity index (χ2n) is 6.17. The molecule has 5 heteroatoms. The van der Waals surface area contributed by atoms with Gasteiger partial charge >= 0.3 is 0 Å². The standard InChI is InChI=1S/C21H23NO4/c1-2-10-22-13-16(23)14-25-17-8-9-18-19(24)12-20(26-21(18)11-17)15-6-4-3-5-7-15/h3-9,11-12,16,22-23H,2,10,13-14H2,1H3/t16-/m0/s1. The number of nitrogens with one attached hydrogen (secondary N) is 1. The SMILES string of the molecule is CCCNC[C@H](O)COc1ccc2c(=O)cc(-c3ccccc3)oc2c1. The number of aliphatic hydroxyl groups is 1. The number of ether oxygens (including phenoxy) is 1. The number of hydrogen-bond donors (Lipinski definition) is 2. The van der Waals surface area contributed by atoms with Crippen LogP contribution in [0.15, 0.2) is 63.8 Å². The van der Waals surface area contributed by atoms with Crippen LogP contribution in [0.25, 0.3) is 22.3 Å². The molecule has 1 heterocycles. The largest absolute Gasteiger partial charge is 0.491 e. The van der Waals surface area contributed by atoms with Gasteiger partial charge in [-0.3, -0.25) is 4.79 Å². The zero-order valence-electron chi connectivity index (χ0n) is 14.8. The van der Waals surface area contributed by atoms with E-state index < -0.39 is 6.10 Å². The van der Waals surface area contributed by atoms with E-state index in [2.05, 4.69) is 12.2 Å². The molecule has 2 N–H and O–H groups in total. The van der Waals surface area contributed by atoms with Crippen LogP contribution in [0.5, 0.6) is 5.75 Å². The molecule has 2 aromatic carbocycles. The molecule has 0 aliphatic carbocycles. The molecule has 0 aliphatic heterocycles. The van der Waals surface area contributed by atoms with Gasteiger partial charge in [-0.2, -0.15) is 0 Å². The van der Waals surface area contributed by atoms with Crippen molar-refractivity contribution < 1.29 is 14.3 Å². The van der Waals surface area contributed by atoms with Crippen molar-refractivity contribution in [2.75, 3.05) is 19.7 Å². The smallest absolute Gasteiger partial charge is 0.193 e. The highest BCUT2D eigenvalue weighted by Crippen LogP contribution is 2.24. The third-order valence-electron chi connectivity index (χ3n) is 4.01. The first-order valence-electron chi connectivity index (χ1n) is 8.82. The van der Waals surface area contributed by atoms with Crippen LogP contribution < -0.4 is 15.5 Å². The summed E-state index contributed by atoms with van der Waals surface area (Å²) in [6.07, 6.45) is 0.418. The maximum absolute atomic E-state index is 12.3. The summed E-state index contributed by atoms with van der Waals surface area (Å²) < 4.78 is 11.5. The highest BCUT2D eigenvalue weighted by Gasteiger charge is 2.09. The molecule has 0 saturated carbocycles. The lowest BCUT2D eigenvalue weighted by Gasteiger charge is -2.13. The first-order valence-corrected chi connectivity index (χ1v) is 8.82. The Bertz CT molecular complexity index is 905. The summed E-state index contributed by atoms with van der Waals surface area (Å²) in [5.74, 6) is 1.07. The van der Waals surface area contributed by atoms with Crippen molar-refractivity contribution in [2.45, 2.75) is 19.4 Å². The van der Waals surface area contributed by atoms with Crippen LogP contribution in [0, 0.1) is 0 Å². The van der Waals surface area contributed by atoms with Crippen LogP contribution in [0.3, 0.4) is 0 Å². The van der Waals surface area contributed by atoms with Gasteiger partial charge in [-0.25, -0.2) is 0 Å². The number of rotatable bonds is 8. The molecule has 0 radical (unpaired) electrons. The van der Waals surface area contributed by atoms with Crippen LogP contribution in [0.4, 0.5) is 0 Å². The fourth-order valence-electron chi connectivity index (χ4n) is 2.67. The molecule has 0 spiro atoms. The molecule has 3 rings (SSSR count). The van der Waals surface area contributed by atoms with E-state index in [4.69, 9.17) is 9.15 Å². The van der Waals surface area contributed by atoms with Crippen molar-refractivity contribution >= 4 is 11.0 Å². The number of benzene rings is 2. The molecule has 0 saturated heterocycles. The number of fused-ring (bicyclic) bond motifs is 1. The van der Waals surface area contributed by atoms with Crippen LogP contribution in [-0.2, 0) is 0 Å². The monoisotopic (exact) mass is 353 g/mol. The van der Waals surface area contributed by atoms with Crippen LogP contribution >= 0.6 is 0 Å². The average Bonchev–Trinajstić information content (AvgIpc) is 2.67. The van der Waals surface area contributed by atoms with E-state index in [0.29, 0.717) is 29.0 Å². The molecular weight excluding hydrogens is 330 g/mol. The quantitative estimate of drug-likeness (QED) is 0.609. The van der Waals surface area contributed by atoms with Crippen molar-refractivity contribution in [3.63, 3.8) is 0 Å². The van der Waals surface area contributed by atoms with Gasteiger partial charge in [0.1, 0.15) is 29.8 Å². The third-order valence-corrected chi connectivity index (χ3v) is 4.01. The minimum absolute atomic E-state index is 0.0968. The molecule has 26 heavy (non-hydrogen) atoms. The predicted octanol–water partition coefficient (Wildman–Crippen LogP) is 3.20. The lowest BCUT2D eigenvalue weighted by Crippen LogP contribution is -2.31. The van der Waals surface area contributed by atoms with E-state index in [-0.39, 0.29) is 12.0 Å². The Morgan fingerprint density at radius 3 is 2.73 bits per heavy atom. The lowest BCUT2D eigenvalue weighted by molar-refractivity contribution is 0.106. The Kier molecular flexibility index (Phi) is 6.04. The Labute approximate surface area is 152 Å². The summed E-state index contributed by atoms with van der Waals surface area (Å²) in [5.41, 5.74) is 1.21. The molecule has 1 atom stereocenters. The van der Waals surface area contributed by atoms with Gasteiger partial charge in [-0.1, -0.05) is 37.3 Å². The molecule has 0 bridgehead atoms. The first-order chi connectivity index (χ1) is 12.7. The Morgan fingerprint density at radius 2 is 1.96 bits per heavy atom. The van der Waals surface area contributed by atoms with Gasteiger partial charge < -0.3 is 19.6 Å². The van der Waals surface area contributed by atoms with Crippen LogP contribution in [0.2, 0.25) is 0 Å². The van der Waals surface area contributed by atoms with Gasteiger partial charge in [0.2, 0.25) is 0 Å². The summed E-state index contributed by atoms with van der Waals surface area (Å²) in [5, 5.41) is 13.6. The zero-order valence-corrected chi connectivity index (χ0v) is 14.8. The molecule has 136 valence electrons. The van der Waals surface area contributed by atoms with E-state index in [0.717, 1.165) is 18.5 Å². The van der Waals surface area contributed by atoms with E-state index in [1.807, 2.05) is 30.3 Å². The molecule has 0 amide bonds. The first kappa shape index (κ1) is 18.2. The predicted molar refractivity (Wildman–Crippen MR) is 103 cm³/mol. The van der Waals surface area contributed by atoms with E-state index >= 15 is 0 Å². The second kappa shape index (κ2) is 8.65. The molecular formula is C21H23NO4. The van der Waals surface area contributed by atoms with E-state index in [9.17, 15) is 9.90 Å². The van der Waals surface area contributed by atoms with Crippen LogP contribution in [-0.4, -0.2) is 30.9 Å². The van der Waals surface area contributed by atoms with Gasteiger partial charge in [0.15, 0.2) is 5.43 Å². The molecule has 0 unspecified atom stereocenters. The highest BCUT2D eigenvalue weighted by atomic mass is 16.5. The summed E-state index contributed by atoms with van der Waals surface area (Å²) in [6.45, 7) is 3.59. The van der Waals surface area contributed by atoms with Gasteiger partial charge in [-0.15, -0.1) is 0 Å². The van der Waals surface area contributed by atoms with Crippen LogP contribution in [0.1, 0.15) is 13.3 Å². The zero-order chi connectivity index (χ0) is 18.4. The summed E-state index contributed by atoms with van der Waals surface area (Å²) >= 11 is 0. The van der Waals surface area contributed by atoms with Gasteiger partial charge in [0, 0.05) is 24.2 Å². The molecule has 0 fully saturated rings. The van der Waals surface area contributed by atoms with Crippen molar-refractivity contribution in [3.8, 4) is 17.1 Å². The molecule has 5 nitrogen and oxygen atoms in total. The minimum Gasteiger partial charge on any atom is -0.491 e. The highest BCUT2D eigenvalue weighted by molar-refractivity contribution is 5.80. The van der Waals surface area contributed by atoms with E-state index in [1.54, 1.807) is 18.2 Å². The van der Waals surface area contributed by atoms with Crippen molar-refractivity contribution in [1.82, 2.24) is 5.32 Å². The van der Waals surface area contributed by atoms with E-state index in [1.165, 1.54) is 6.07 Å². The number of hydrogen-bond acceptors (Lipinski definition) is 5. The van der Waals surface area contributed by atoms with Gasteiger partial charge in [0.05, 0.1) is 5.39 Å². The normalized spacial score (nSPS) is 12.2.